The summed E-state index contributed by atoms with van der Waals surface area (Å²) in [7, 11) is 0. The molecule has 4 heterocycles. The van der Waals surface area contributed by atoms with Crippen molar-refractivity contribution in [3.63, 3.8) is 0 Å². The minimum atomic E-state index is -0.472. The summed E-state index contributed by atoms with van der Waals surface area (Å²) in [5.74, 6) is 1.07. The molecule has 30 heavy (non-hydrogen) atoms. The summed E-state index contributed by atoms with van der Waals surface area (Å²) in [6.07, 6.45) is 7.51. The average molecular weight is 433 g/mol. The summed E-state index contributed by atoms with van der Waals surface area (Å²) in [5, 5.41) is 8.91. The largest absolute Gasteiger partial charge is 0.444 e. The van der Waals surface area contributed by atoms with Crippen LogP contribution in [-0.2, 0) is 4.74 Å². The zero-order valence-corrected chi connectivity index (χ0v) is 19.5. The first-order valence-electron chi connectivity index (χ1n) is 10.7. The average Bonchev–Trinajstić information content (AvgIpc) is 3.19. The lowest BCUT2D eigenvalue weighted by molar-refractivity contribution is 0.00681. The highest BCUT2D eigenvalue weighted by atomic mass is 32.2. The minimum absolute atomic E-state index is 0.184. The van der Waals surface area contributed by atoms with Gasteiger partial charge in [0, 0.05) is 23.7 Å². The van der Waals surface area contributed by atoms with E-state index >= 15 is 0 Å². The van der Waals surface area contributed by atoms with Crippen LogP contribution in [0.1, 0.15) is 71.8 Å². The number of amides is 1. The first kappa shape index (κ1) is 21.2. The molecule has 0 aromatic carbocycles. The number of nitrogens with one attached hydrogen (secondary N) is 1. The third-order valence-electron chi connectivity index (χ3n) is 5.85. The molecule has 2 saturated heterocycles. The number of hydrogen-bond acceptors (Lipinski definition) is 7. The molecule has 2 aromatic rings. The topological polar surface area (TPSA) is 84.7 Å². The van der Waals surface area contributed by atoms with Gasteiger partial charge in [-0.2, -0.15) is 14.6 Å². The SMILES string of the molecule is CSc1nc(NC2C[C@H]3CC[C@@H](C2)N3C(=O)OC(C)(C)C)n2ncc(C(C)C)c2n1. The van der Waals surface area contributed by atoms with Crippen molar-refractivity contribution in [3.05, 3.63) is 11.8 Å². The number of ether oxygens (including phenoxy) is 1. The molecule has 2 aliphatic heterocycles. The van der Waals surface area contributed by atoms with Gasteiger partial charge in [-0.3, -0.25) is 0 Å². The number of carbonyl (C=O) groups excluding carboxylic acids is 1. The van der Waals surface area contributed by atoms with Gasteiger partial charge in [0.15, 0.2) is 10.8 Å². The van der Waals surface area contributed by atoms with Gasteiger partial charge in [0.05, 0.1) is 6.20 Å². The Morgan fingerprint density at radius 1 is 1.23 bits per heavy atom. The number of piperidine rings is 1. The Labute approximate surface area is 182 Å². The molecule has 2 aliphatic rings. The van der Waals surface area contributed by atoms with Gasteiger partial charge in [0.1, 0.15) is 5.60 Å². The van der Waals surface area contributed by atoms with Crippen LogP contribution >= 0.6 is 11.8 Å². The monoisotopic (exact) mass is 432 g/mol. The standard InChI is InChI=1S/C21H32N6O2S/c1-12(2)16-11-22-27-17(16)24-19(30-6)25-18(27)23-13-9-14-7-8-15(10-13)26(14)20(28)29-21(3,4)5/h11-15H,7-10H2,1-6H3,(H,23,24,25)/t13?,14-,15+. The van der Waals surface area contributed by atoms with Crippen LogP contribution in [0.5, 0.6) is 0 Å². The van der Waals surface area contributed by atoms with E-state index in [1.807, 2.05) is 42.6 Å². The lowest BCUT2D eigenvalue weighted by Crippen LogP contribution is -2.51. The van der Waals surface area contributed by atoms with Crippen molar-refractivity contribution in [1.29, 1.82) is 0 Å². The van der Waals surface area contributed by atoms with Gasteiger partial charge >= 0.3 is 6.09 Å². The maximum Gasteiger partial charge on any atom is 0.410 e. The predicted octanol–water partition coefficient (Wildman–Crippen LogP) is 4.31. The summed E-state index contributed by atoms with van der Waals surface area (Å²) >= 11 is 1.53. The van der Waals surface area contributed by atoms with E-state index in [1.165, 1.54) is 11.8 Å². The molecule has 0 saturated carbocycles. The maximum absolute atomic E-state index is 12.7. The van der Waals surface area contributed by atoms with E-state index in [0.717, 1.165) is 48.0 Å². The van der Waals surface area contributed by atoms with Crippen molar-refractivity contribution in [3.8, 4) is 0 Å². The molecular formula is C21H32N6O2S. The van der Waals surface area contributed by atoms with Gasteiger partial charge in [-0.1, -0.05) is 25.6 Å². The summed E-state index contributed by atoms with van der Waals surface area (Å²) in [5.41, 5.74) is 1.51. The summed E-state index contributed by atoms with van der Waals surface area (Å²) in [4.78, 5) is 24.1. The first-order chi connectivity index (χ1) is 14.2. The fraction of sp³-hybridized carbons (Fsp3) is 0.714. The van der Waals surface area contributed by atoms with Crippen LogP contribution in [-0.4, -0.2) is 60.6 Å². The Balaban J connectivity index is 1.54. The van der Waals surface area contributed by atoms with E-state index in [4.69, 9.17) is 9.72 Å². The normalized spacial score (nSPS) is 24.0. The molecule has 9 heteroatoms. The Kier molecular flexibility index (Phi) is 5.59. The van der Waals surface area contributed by atoms with E-state index in [-0.39, 0.29) is 24.2 Å². The zero-order valence-electron chi connectivity index (χ0n) is 18.7. The number of fused-ring (bicyclic) bond motifs is 3. The molecule has 1 unspecified atom stereocenters. The second kappa shape index (κ2) is 7.90. The van der Waals surface area contributed by atoms with Crippen LogP contribution in [0, 0.1) is 0 Å². The fourth-order valence-corrected chi connectivity index (χ4v) is 4.91. The van der Waals surface area contributed by atoms with Crippen LogP contribution in [0.3, 0.4) is 0 Å². The Bertz CT molecular complexity index is 923. The van der Waals surface area contributed by atoms with E-state index < -0.39 is 5.60 Å². The van der Waals surface area contributed by atoms with E-state index in [0.29, 0.717) is 5.92 Å². The van der Waals surface area contributed by atoms with Crippen LogP contribution in [0.15, 0.2) is 11.4 Å². The molecule has 3 atom stereocenters. The molecule has 0 aliphatic carbocycles. The molecule has 2 bridgehead atoms. The van der Waals surface area contributed by atoms with Gasteiger partial charge in [0.2, 0.25) is 5.95 Å². The predicted molar refractivity (Wildman–Crippen MR) is 118 cm³/mol. The zero-order chi connectivity index (χ0) is 21.6. The maximum atomic E-state index is 12.7. The van der Waals surface area contributed by atoms with E-state index in [9.17, 15) is 4.79 Å². The van der Waals surface area contributed by atoms with Crippen molar-refractivity contribution < 1.29 is 9.53 Å². The van der Waals surface area contributed by atoms with Crippen molar-refractivity contribution in [2.75, 3.05) is 11.6 Å². The highest BCUT2D eigenvalue weighted by Gasteiger charge is 2.45. The molecule has 2 aromatic heterocycles. The minimum Gasteiger partial charge on any atom is -0.444 e. The number of nitrogens with zero attached hydrogens (tertiary/aromatic N) is 5. The lowest BCUT2D eigenvalue weighted by atomic mass is 9.98. The number of hydrogen-bond donors (Lipinski definition) is 1. The number of carbonyl (C=O) groups is 1. The molecule has 2 fully saturated rings. The quantitative estimate of drug-likeness (QED) is 0.721. The summed E-state index contributed by atoms with van der Waals surface area (Å²) in [6, 6.07) is 0.648. The van der Waals surface area contributed by atoms with Crippen LogP contribution in [0.25, 0.3) is 5.65 Å². The van der Waals surface area contributed by atoms with Gasteiger partial charge in [-0.15, -0.1) is 0 Å². The van der Waals surface area contributed by atoms with Crippen LogP contribution in [0.2, 0.25) is 0 Å². The molecule has 4 rings (SSSR count). The molecule has 0 spiro atoms. The molecule has 0 radical (unpaired) electrons. The van der Waals surface area contributed by atoms with Crippen molar-refractivity contribution in [1.82, 2.24) is 24.5 Å². The van der Waals surface area contributed by atoms with E-state index in [1.54, 1.807) is 0 Å². The number of anilines is 1. The second-order valence-corrected chi connectivity index (χ2v) is 10.4. The third kappa shape index (κ3) is 4.08. The summed E-state index contributed by atoms with van der Waals surface area (Å²) < 4.78 is 7.47. The molecule has 1 N–H and O–H groups in total. The molecular weight excluding hydrogens is 400 g/mol. The molecule has 164 valence electrons. The lowest BCUT2D eigenvalue weighted by Gasteiger charge is -2.39. The Hall–Kier alpha value is -2.03. The highest BCUT2D eigenvalue weighted by Crippen LogP contribution is 2.38. The van der Waals surface area contributed by atoms with Gasteiger partial charge in [-0.25, -0.2) is 9.78 Å². The van der Waals surface area contributed by atoms with Crippen molar-refractivity contribution in [2.24, 2.45) is 0 Å². The summed E-state index contributed by atoms with van der Waals surface area (Å²) in [6.45, 7) is 10.0. The van der Waals surface area contributed by atoms with Crippen LogP contribution in [0.4, 0.5) is 10.7 Å². The second-order valence-electron chi connectivity index (χ2n) is 9.61. The van der Waals surface area contributed by atoms with Gasteiger partial charge in [0.25, 0.3) is 0 Å². The molecule has 1 amide bonds. The fourth-order valence-electron chi connectivity index (χ4n) is 4.56. The van der Waals surface area contributed by atoms with Crippen molar-refractivity contribution >= 4 is 29.5 Å². The Morgan fingerprint density at radius 3 is 2.47 bits per heavy atom. The Morgan fingerprint density at radius 2 is 1.90 bits per heavy atom. The number of aromatic nitrogens is 4. The molecule has 8 nitrogen and oxygen atoms in total. The van der Waals surface area contributed by atoms with Crippen molar-refractivity contribution in [2.45, 2.75) is 95.1 Å². The van der Waals surface area contributed by atoms with Gasteiger partial charge < -0.3 is 15.0 Å². The smallest absolute Gasteiger partial charge is 0.410 e. The first-order valence-corrected chi connectivity index (χ1v) is 12.0. The number of thioether (sulfide) groups is 1. The van der Waals surface area contributed by atoms with Crippen LogP contribution < -0.4 is 5.32 Å². The third-order valence-corrected chi connectivity index (χ3v) is 6.40. The van der Waals surface area contributed by atoms with E-state index in [2.05, 4.69) is 29.2 Å². The highest BCUT2D eigenvalue weighted by molar-refractivity contribution is 7.98. The van der Waals surface area contributed by atoms with Gasteiger partial charge in [-0.05, 0) is 58.6 Å². The number of rotatable bonds is 4.